The molecule has 2 atom stereocenters. The van der Waals surface area contributed by atoms with Gasteiger partial charge in [0, 0.05) is 0 Å². The van der Waals surface area contributed by atoms with Crippen LogP contribution in [0.1, 0.15) is 28.1 Å². The molecule has 3 rings (SSSR count). The molecule has 1 aromatic rings. The third kappa shape index (κ3) is 1.69. The number of thiophene rings is 1. The maximum Gasteiger partial charge on any atom is 0.348 e. The molecule has 3 heterocycles. The fourth-order valence-corrected chi connectivity index (χ4v) is 3.36. The van der Waals surface area contributed by atoms with Crippen LogP contribution >= 0.6 is 11.3 Å². The Morgan fingerprint density at radius 3 is 2.47 bits per heavy atom. The van der Waals surface area contributed by atoms with E-state index in [4.69, 9.17) is 9.84 Å². The van der Waals surface area contributed by atoms with Gasteiger partial charge in [0.25, 0.3) is 11.8 Å². The van der Waals surface area contributed by atoms with Crippen molar-refractivity contribution in [3.05, 3.63) is 15.8 Å². The Hall–Kier alpha value is -1.73. The Kier molecular flexibility index (Phi) is 2.68. The number of fused-ring (bicyclic) bond motifs is 2. The number of aryl methyl sites for hydroxylation is 1. The summed E-state index contributed by atoms with van der Waals surface area (Å²) in [6.07, 6.45) is -0.221. The zero-order chi connectivity index (χ0) is 13.7. The topological polar surface area (TPSA) is 83.9 Å². The number of nitrogens with zero attached hydrogens (tertiary/aromatic N) is 1. The highest BCUT2D eigenvalue weighted by molar-refractivity contribution is 7.12. The van der Waals surface area contributed by atoms with Gasteiger partial charge in [-0.3, -0.25) is 9.59 Å². The largest absolute Gasteiger partial charge is 0.477 e. The highest BCUT2D eigenvalue weighted by atomic mass is 32.1. The molecule has 2 unspecified atom stereocenters. The Morgan fingerprint density at radius 1 is 1.37 bits per heavy atom. The van der Waals surface area contributed by atoms with Crippen LogP contribution in [0.3, 0.4) is 0 Å². The summed E-state index contributed by atoms with van der Waals surface area (Å²) in [4.78, 5) is 36.6. The fraction of sp³-hybridized carbons (Fsp3) is 0.417. The van der Waals surface area contributed by atoms with E-state index in [1.54, 1.807) is 12.3 Å². The molecule has 2 fully saturated rings. The molecule has 2 aliphatic heterocycles. The van der Waals surface area contributed by atoms with Gasteiger partial charge >= 0.3 is 5.97 Å². The number of carboxylic acid groups (broad SMARTS) is 1. The minimum atomic E-state index is -1.13. The van der Waals surface area contributed by atoms with Crippen LogP contribution < -0.4 is 4.90 Å². The maximum absolute atomic E-state index is 12.2. The number of carbonyl (C=O) groups excluding carboxylic acids is 2. The number of morpholine rings is 1. The molecule has 0 saturated carbocycles. The van der Waals surface area contributed by atoms with Gasteiger partial charge in [-0.25, -0.2) is 9.69 Å². The van der Waals surface area contributed by atoms with Crippen LogP contribution in [0.2, 0.25) is 0 Å². The van der Waals surface area contributed by atoms with Crippen LogP contribution in [0.15, 0.2) is 5.38 Å². The lowest BCUT2D eigenvalue weighted by atomic mass is 10.2. The van der Waals surface area contributed by atoms with Crippen molar-refractivity contribution in [3.63, 3.8) is 0 Å². The number of aromatic carboxylic acids is 1. The highest BCUT2D eigenvalue weighted by Gasteiger charge is 2.48. The summed E-state index contributed by atoms with van der Waals surface area (Å²) in [6, 6.07) is 0. The van der Waals surface area contributed by atoms with Gasteiger partial charge < -0.3 is 9.84 Å². The number of imide groups is 1. The van der Waals surface area contributed by atoms with Crippen LogP contribution in [-0.2, 0) is 14.3 Å². The Balaban J connectivity index is 2.11. The SMILES string of the molecule is Cc1csc(C(=O)O)c1N1C(=O)C2CCC(O2)C1=O. The average molecular weight is 281 g/mol. The predicted molar refractivity (Wildman–Crippen MR) is 66.4 cm³/mol. The minimum absolute atomic E-state index is 0.0144. The number of anilines is 1. The van der Waals surface area contributed by atoms with Crippen molar-refractivity contribution >= 4 is 34.8 Å². The second-order valence-corrected chi connectivity index (χ2v) is 5.48. The van der Waals surface area contributed by atoms with Crippen LogP contribution in [-0.4, -0.2) is 35.1 Å². The summed E-state index contributed by atoms with van der Waals surface area (Å²) < 4.78 is 5.31. The molecular weight excluding hydrogens is 270 g/mol. The number of carbonyl (C=O) groups is 3. The van der Waals surface area contributed by atoms with Gasteiger partial charge in [0.05, 0.1) is 5.69 Å². The van der Waals surface area contributed by atoms with E-state index in [-0.39, 0.29) is 10.6 Å². The zero-order valence-corrected chi connectivity index (χ0v) is 10.9. The van der Waals surface area contributed by atoms with Crippen LogP contribution in [0.5, 0.6) is 0 Å². The van der Waals surface area contributed by atoms with Crippen molar-refractivity contribution in [2.45, 2.75) is 32.0 Å². The van der Waals surface area contributed by atoms with Gasteiger partial charge in [-0.1, -0.05) is 0 Å². The Morgan fingerprint density at radius 2 is 1.95 bits per heavy atom. The zero-order valence-electron chi connectivity index (χ0n) is 10.1. The van der Waals surface area contributed by atoms with E-state index in [1.165, 1.54) is 0 Å². The summed E-state index contributed by atoms with van der Waals surface area (Å²) >= 11 is 1.02. The quantitative estimate of drug-likeness (QED) is 0.823. The number of carboxylic acids is 1. The maximum atomic E-state index is 12.2. The number of rotatable bonds is 2. The summed E-state index contributed by atoms with van der Waals surface area (Å²) in [5.74, 6) is -2.04. The lowest BCUT2D eigenvalue weighted by molar-refractivity contribution is -0.146. The molecule has 2 saturated heterocycles. The molecule has 0 aliphatic carbocycles. The van der Waals surface area contributed by atoms with Crippen molar-refractivity contribution in [1.29, 1.82) is 0 Å². The van der Waals surface area contributed by atoms with E-state index in [9.17, 15) is 14.4 Å². The number of amides is 2. The second kappa shape index (κ2) is 4.14. The van der Waals surface area contributed by atoms with E-state index in [0.29, 0.717) is 18.4 Å². The van der Waals surface area contributed by atoms with Crippen LogP contribution in [0.25, 0.3) is 0 Å². The smallest absolute Gasteiger partial charge is 0.348 e. The van der Waals surface area contributed by atoms with E-state index < -0.39 is 30.0 Å². The molecule has 19 heavy (non-hydrogen) atoms. The normalized spacial score (nSPS) is 26.1. The molecule has 0 radical (unpaired) electrons. The average Bonchev–Trinajstić information content (AvgIpc) is 2.94. The predicted octanol–water partition coefficient (Wildman–Crippen LogP) is 1.18. The first-order valence-electron chi connectivity index (χ1n) is 5.85. The van der Waals surface area contributed by atoms with Gasteiger partial charge in [0.15, 0.2) is 0 Å². The molecule has 2 aliphatic rings. The molecule has 6 nitrogen and oxygen atoms in total. The summed E-state index contributed by atoms with van der Waals surface area (Å²) in [5.41, 5.74) is 0.818. The molecule has 1 N–H and O–H groups in total. The lowest BCUT2D eigenvalue weighted by Gasteiger charge is -2.30. The molecule has 1 aromatic heterocycles. The van der Waals surface area contributed by atoms with E-state index >= 15 is 0 Å². The summed E-state index contributed by atoms with van der Waals surface area (Å²) in [5, 5.41) is 10.8. The first kappa shape index (κ1) is 12.3. The van der Waals surface area contributed by atoms with Gasteiger partial charge in [-0.2, -0.15) is 0 Å². The second-order valence-electron chi connectivity index (χ2n) is 4.60. The van der Waals surface area contributed by atoms with E-state index in [0.717, 1.165) is 16.2 Å². The first-order valence-corrected chi connectivity index (χ1v) is 6.73. The standard InChI is InChI=1S/C12H11NO5S/c1-5-4-19-9(12(16)17)8(5)13-10(14)6-2-3-7(18-6)11(13)15/h4,6-7H,2-3H2,1H3,(H,16,17). The van der Waals surface area contributed by atoms with Gasteiger partial charge in [0.1, 0.15) is 17.1 Å². The molecule has 100 valence electrons. The van der Waals surface area contributed by atoms with Crippen LogP contribution in [0.4, 0.5) is 5.69 Å². The van der Waals surface area contributed by atoms with Gasteiger partial charge in [-0.05, 0) is 30.7 Å². The summed E-state index contributed by atoms with van der Waals surface area (Å²) in [7, 11) is 0. The number of hydrogen-bond acceptors (Lipinski definition) is 5. The van der Waals surface area contributed by atoms with Crippen molar-refractivity contribution < 1.29 is 24.2 Å². The molecule has 0 aromatic carbocycles. The monoisotopic (exact) mass is 281 g/mol. The Labute approximate surface area is 112 Å². The molecule has 2 bridgehead atoms. The van der Waals surface area contributed by atoms with Crippen molar-refractivity contribution in [3.8, 4) is 0 Å². The lowest BCUT2D eigenvalue weighted by Crippen LogP contribution is -2.52. The van der Waals surface area contributed by atoms with E-state index in [1.807, 2.05) is 0 Å². The van der Waals surface area contributed by atoms with Gasteiger partial charge in [-0.15, -0.1) is 11.3 Å². The van der Waals surface area contributed by atoms with Crippen molar-refractivity contribution in [2.75, 3.05) is 4.90 Å². The third-order valence-electron chi connectivity index (χ3n) is 3.37. The molecule has 7 heteroatoms. The fourth-order valence-electron chi connectivity index (χ4n) is 2.49. The third-order valence-corrected chi connectivity index (χ3v) is 4.45. The molecule has 0 spiro atoms. The van der Waals surface area contributed by atoms with Gasteiger partial charge in [0.2, 0.25) is 0 Å². The van der Waals surface area contributed by atoms with Crippen molar-refractivity contribution in [2.24, 2.45) is 0 Å². The highest BCUT2D eigenvalue weighted by Crippen LogP contribution is 2.37. The van der Waals surface area contributed by atoms with Crippen LogP contribution in [0, 0.1) is 6.92 Å². The van der Waals surface area contributed by atoms with E-state index in [2.05, 4.69) is 0 Å². The first-order chi connectivity index (χ1) is 9.00. The molecule has 2 amide bonds. The summed E-state index contributed by atoms with van der Waals surface area (Å²) in [6.45, 7) is 1.69. The molecular formula is C12H11NO5S. The minimum Gasteiger partial charge on any atom is -0.477 e. The number of ether oxygens (including phenoxy) is 1. The van der Waals surface area contributed by atoms with Crippen molar-refractivity contribution in [1.82, 2.24) is 0 Å². The number of hydrogen-bond donors (Lipinski definition) is 1. The Bertz CT molecular complexity index is 571.